The predicted molar refractivity (Wildman–Crippen MR) is 162 cm³/mol. The Labute approximate surface area is 252 Å². The van der Waals surface area contributed by atoms with Gasteiger partial charge < -0.3 is 24.7 Å². The standard InChI is InChI=1S/C31H31F2N7O4/c1-19(29-36-26-17-25(33)24(32)16-23(26)30(41)40(29)38-13-11-37(2)12-14-38)39(27-10-9-22(43-3)15-28(27)44-4)31(42)35-21-7-5-20(18-34)6-8-21/h5-10,15-17,19H,11-14H2,1-4H3,(H,35,42). The van der Waals surface area contributed by atoms with Crippen molar-refractivity contribution in [1.82, 2.24) is 14.6 Å². The van der Waals surface area contributed by atoms with Gasteiger partial charge in [-0.1, -0.05) is 0 Å². The van der Waals surface area contributed by atoms with Gasteiger partial charge in [-0.2, -0.15) is 5.26 Å². The van der Waals surface area contributed by atoms with Crippen molar-refractivity contribution in [3.05, 3.63) is 88.0 Å². The van der Waals surface area contributed by atoms with E-state index in [-0.39, 0.29) is 16.7 Å². The summed E-state index contributed by atoms with van der Waals surface area (Å²) in [6.45, 7) is 3.88. The number of methoxy groups -OCH3 is 2. The molecule has 11 nitrogen and oxygen atoms in total. The number of hydrogen-bond donors (Lipinski definition) is 1. The van der Waals surface area contributed by atoms with Crippen molar-refractivity contribution < 1.29 is 23.0 Å². The summed E-state index contributed by atoms with van der Waals surface area (Å²) >= 11 is 0. The highest BCUT2D eigenvalue weighted by Crippen LogP contribution is 2.37. The number of urea groups is 1. The van der Waals surface area contributed by atoms with Gasteiger partial charge in [0.2, 0.25) is 0 Å². The number of aromatic nitrogens is 2. The van der Waals surface area contributed by atoms with Crippen LogP contribution in [0.3, 0.4) is 0 Å². The summed E-state index contributed by atoms with van der Waals surface area (Å²) in [6.07, 6.45) is 0. The van der Waals surface area contributed by atoms with E-state index < -0.39 is 29.3 Å². The molecule has 13 heteroatoms. The number of carbonyl (C=O) groups excluding carboxylic acids is 1. The molecule has 2 amide bonds. The van der Waals surface area contributed by atoms with Crippen LogP contribution >= 0.6 is 0 Å². The van der Waals surface area contributed by atoms with Gasteiger partial charge in [-0.05, 0) is 56.4 Å². The second-order valence-electron chi connectivity index (χ2n) is 10.3. The average molecular weight is 604 g/mol. The minimum atomic E-state index is -1.16. The number of carbonyl (C=O) groups is 1. The first-order valence-electron chi connectivity index (χ1n) is 13.8. The molecule has 1 saturated heterocycles. The quantitative estimate of drug-likeness (QED) is 0.334. The zero-order valence-corrected chi connectivity index (χ0v) is 24.7. The van der Waals surface area contributed by atoms with Crippen LogP contribution < -0.4 is 30.3 Å². The molecule has 3 aromatic carbocycles. The fraction of sp³-hybridized carbons (Fsp3) is 0.290. The zero-order chi connectivity index (χ0) is 31.5. The van der Waals surface area contributed by atoms with Crippen molar-refractivity contribution in [3.63, 3.8) is 0 Å². The lowest BCUT2D eigenvalue weighted by Gasteiger charge is -2.38. The number of nitriles is 1. The van der Waals surface area contributed by atoms with Crippen molar-refractivity contribution in [2.24, 2.45) is 0 Å². The molecule has 1 atom stereocenters. The molecule has 1 aromatic heterocycles. The molecular weight excluding hydrogens is 572 g/mol. The molecule has 1 unspecified atom stereocenters. The van der Waals surface area contributed by atoms with Gasteiger partial charge in [0.1, 0.15) is 11.5 Å². The molecule has 1 aliphatic rings. The fourth-order valence-electron chi connectivity index (χ4n) is 5.13. The lowest BCUT2D eigenvalue weighted by atomic mass is 10.1. The number of likely N-dealkylation sites (N-methyl/N-ethyl adjacent to an activating group) is 1. The number of nitrogens with one attached hydrogen (secondary N) is 1. The minimum Gasteiger partial charge on any atom is -0.497 e. The maximum absolute atomic E-state index is 14.4. The summed E-state index contributed by atoms with van der Waals surface area (Å²) in [4.78, 5) is 36.2. The van der Waals surface area contributed by atoms with Crippen LogP contribution in [0.5, 0.6) is 11.5 Å². The van der Waals surface area contributed by atoms with Gasteiger partial charge in [0.25, 0.3) is 5.56 Å². The number of ether oxygens (including phenoxy) is 2. The minimum absolute atomic E-state index is 0.0460. The topological polar surface area (TPSA) is 116 Å². The Kier molecular flexibility index (Phi) is 8.64. The van der Waals surface area contributed by atoms with E-state index in [0.717, 1.165) is 12.1 Å². The number of amides is 2. The summed E-state index contributed by atoms with van der Waals surface area (Å²) in [5.41, 5.74) is 0.533. The fourth-order valence-corrected chi connectivity index (χ4v) is 5.13. The van der Waals surface area contributed by atoms with Gasteiger partial charge in [-0.15, -0.1) is 0 Å². The van der Waals surface area contributed by atoms with E-state index >= 15 is 0 Å². The van der Waals surface area contributed by atoms with Gasteiger partial charge in [-0.3, -0.25) is 9.69 Å². The molecule has 0 aliphatic carbocycles. The third kappa shape index (κ3) is 5.84. The van der Waals surface area contributed by atoms with E-state index in [2.05, 4.69) is 15.2 Å². The number of nitrogens with zero attached hydrogens (tertiary/aromatic N) is 6. The lowest BCUT2D eigenvalue weighted by Crippen LogP contribution is -2.55. The molecule has 228 valence electrons. The highest BCUT2D eigenvalue weighted by molar-refractivity contribution is 6.03. The third-order valence-corrected chi connectivity index (χ3v) is 7.57. The van der Waals surface area contributed by atoms with Crippen LogP contribution in [-0.4, -0.2) is 68.0 Å². The lowest BCUT2D eigenvalue weighted by molar-refractivity contribution is 0.253. The Morgan fingerprint density at radius 2 is 1.70 bits per heavy atom. The monoisotopic (exact) mass is 603 g/mol. The molecule has 0 saturated carbocycles. The Morgan fingerprint density at radius 3 is 2.34 bits per heavy atom. The second-order valence-corrected chi connectivity index (χ2v) is 10.3. The van der Waals surface area contributed by atoms with E-state index in [4.69, 9.17) is 14.7 Å². The van der Waals surface area contributed by atoms with E-state index in [1.165, 1.54) is 23.8 Å². The number of anilines is 2. The van der Waals surface area contributed by atoms with Crippen molar-refractivity contribution in [2.45, 2.75) is 13.0 Å². The summed E-state index contributed by atoms with van der Waals surface area (Å²) < 4.78 is 41.0. The largest absolute Gasteiger partial charge is 0.497 e. The molecule has 0 bridgehead atoms. The van der Waals surface area contributed by atoms with Crippen LogP contribution in [0, 0.1) is 23.0 Å². The van der Waals surface area contributed by atoms with Crippen molar-refractivity contribution in [2.75, 3.05) is 62.7 Å². The Balaban J connectivity index is 1.70. The van der Waals surface area contributed by atoms with Crippen LogP contribution in [0.25, 0.3) is 10.9 Å². The molecule has 5 rings (SSSR count). The van der Waals surface area contributed by atoms with Crippen LogP contribution in [0.4, 0.5) is 25.0 Å². The summed E-state index contributed by atoms with van der Waals surface area (Å²) in [5.74, 6) is -1.39. The number of piperazine rings is 1. The van der Waals surface area contributed by atoms with E-state index in [1.807, 2.05) is 13.1 Å². The summed E-state index contributed by atoms with van der Waals surface area (Å²) in [5, 5.41) is 13.7. The molecule has 1 aliphatic heterocycles. The molecular formula is C31H31F2N7O4. The second kappa shape index (κ2) is 12.6. The molecule has 4 aromatic rings. The first-order valence-corrected chi connectivity index (χ1v) is 13.8. The zero-order valence-electron chi connectivity index (χ0n) is 24.7. The van der Waals surface area contributed by atoms with Crippen LogP contribution in [0.1, 0.15) is 24.4 Å². The smallest absolute Gasteiger partial charge is 0.327 e. The van der Waals surface area contributed by atoms with Crippen LogP contribution in [0.2, 0.25) is 0 Å². The van der Waals surface area contributed by atoms with Crippen molar-refractivity contribution >= 4 is 28.3 Å². The Hall–Kier alpha value is -5.22. The van der Waals surface area contributed by atoms with Crippen molar-refractivity contribution in [1.29, 1.82) is 5.26 Å². The van der Waals surface area contributed by atoms with Gasteiger partial charge in [0.05, 0.1) is 48.5 Å². The highest BCUT2D eigenvalue weighted by atomic mass is 19.2. The van der Waals surface area contributed by atoms with E-state index in [0.29, 0.717) is 54.6 Å². The molecule has 44 heavy (non-hydrogen) atoms. The van der Waals surface area contributed by atoms with Crippen LogP contribution in [-0.2, 0) is 0 Å². The summed E-state index contributed by atoms with van der Waals surface area (Å²) in [6, 6.07) is 13.5. The molecule has 0 radical (unpaired) electrons. The molecule has 1 N–H and O–H groups in total. The highest BCUT2D eigenvalue weighted by Gasteiger charge is 2.32. The number of rotatable bonds is 7. The normalized spacial score (nSPS) is 14.2. The molecule has 1 fully saturated rings. The Bertz CT molecular complexity index is 1800. The predicted octanol–water partition coefficient (Wildman–Crippen LogP) is 4.25. The van der Waals surface area contributed by atoms with Gasteiger partial charge in [0.15, 0.2) is 17.5 Å². The third-order valence-electron chi connectivity index (χ3n) is 7.57. The first-order chi connectivity index (χ1) is 21.1. The maximum Gasteiger partial charge on any atom is 0.327 e. The Morgan fingerprint density at radius 1 is 1.02 bits per heavy atom. The van der Waals surface area contributed by atoms with E-state index in [1.54, 1.807) is 54.4 Å². The number of fused-ring (bicyclic) bond motifs is 1. The number of halogens is 2. The van der Waals surface area contributed by atoms with E-state index in [9.17, 15) is 18.4 Å². The van der Waals surface area contributed by atoms with Crippen LogP contribution in [0.15, 0.2) is 59.4 Å². The van der Waals surface area contributed by atoms with Gasteiger partial charge in [0, 0.05) is 44.0 Å². The van der Waals surface area contributed by atoms with Gasteiger partial charge >= 0.3 is 6.03 Å². The summed E-state index contributed by atoms with van der Waals surface area (Å²) in [7, 11) is 4.92. The molecule has 2 heterocycles. The van der Waals surface area contributed by atoms with Gasteiger partial charge in [-0.25, -0.2) is 23.2 Å². The number of benzene rings is 3. The average Bonchev–Trinajstić information content (AvgIpc) is 3.03. The first kappa shape index (κ1) is 30.2. The number of hydrogen-bond acceptors (Lipinski definition) is 8. The molecule has 0 spiro atoms. The maximum atomic E-state index is 14.4. The SMILES string of the molecule is COc1ccc(N(C(=O)Nc2ccc(C#N)cc2)C(C)c2nc3cc(F)c(F)cc3c(=O)n2N2CCN(C)CC2)c(OC)c1. The van der Waals surface area contributed by atoms with Crippen molar-refractivity contribution in [3.8, 4) is 17.6 Å².